The van der Waals surface area contributed by atoms with Gasteiger partial charge in [-0.2, -0.15) is 0 Å². The Morgan fingerprint density at radius 1 is 1.07 bits per heavy atom. The van der Waals surface area contributed by atoms with Gasteiger partial charge in [-0.15, -0.1) is 0 Å². The number of sulfonamides is 1. The van der Waals surface area contributed by atoms with Gasteiger partial charge in [-0.3, -0.25) is 4.98 Å². The molecular weight excluding hydrogens is 394 g/mol. The molecule has 0 atom stereocenters. The third-order valence-electron chi connectivity index (χ3n) is 5.88. The third kappa shape index (κ3) is 3.78. The molecule has 1 fully saturated rings. The highest BCUT2D eigenvalue weighted by atomic mass is 35.5. The fourth-order valence-electron chi connectivity index (χ4n) is 4.13. The number of aromatic nitrogens is 1. The molecule has 5 nitrogen and oxygen atoms in total. The van der Waals surface area contributed by atoms with Crippen LogP contribution in [0.2, 0.25) is 5.02 Å². The Bertz CT molecular complexity index is 969. The number of nitrogens with zero attached hydrogens (tertiary/aromatic N) is 3. The summed E-state index contributed by atoms with van der Waals surface area (Å²) in [6.07, 6.45) is 5.52. The summed E-state index contributed by atoms with van der Waals surface area (Å²) in [7, 11) is -3.16. The van der Waals surface area contributed by atoms with E-state index in [4.69, 9.17) is 11.6 Å². The first kappa shape index (κ1) is 19.7. The van der Waals surface area contributed by atoms with Gasteiger partial charge < -0.3 is 4.90 Å². The lowest BCUT2D eigenvalue weighted by molar-refractivity contribution is 0.317. The number of rotatable bonds is 4. The van der Waals surface area contributed by atoms with Gasteiger partial charge in [0.1, 0.15) is 0 Å². The minimum atomic E-state index is -3.16. The topological polar surface area (TPSA) is 53.5 Å². The van der Waals surface area contributed by atoms with Crippen LogP contribution in [0.1, 0.15) is 49.3 Å². The maximum atomic E-state index is 12.4. The molecule has 0 aliphatic carbocycles. The molecule has 1 aromatic heterocycles. The zero-order valence-corrected chi connectivity index (χ0v) is 17.9. The second-order valence-corrected chi connectivity index (χ2v) is 10.9. The summed E-state index contributed by atoms with van der Waals surface area (Å²) in [5.74, 6) is 0.352. The van der Waals surface area contributed by atoms with Crippen molar-refractivity contribution in [3.8, 4) is 0 Å². The molecule has 150 valence electrons. The summed E-state index contributed by atoms with van der Waals surface area (Å²) >= 11 is 6.13. The highest BCUT2D eigenvalue weighted by molar-refractivity contribution is 7.89. The molecular formula is C21H26ClN3O2S. The lowest BCUT2D eigenvalue weighted by Crippen LogP contribution is -2.41. The lowest BCUT2D eigenvalue weighted by Gasteiger charge is -2.32. The van der Waals surface area contributed by atoms with Crippen LogP contribution in [0.15, 0.2) is 36.7 Å². The van der Waals surface area contributed by atoms with E-state index in [1.807, 2.05) is 24.5 Å². The molecule has 2 aliphatic heterocycles. The number of hydrogen-bond donors (Lipinski definition) is 0. The van der Waals surface area contributed by atoms with E-state index in [0.717, 1.165) is 36.6 Å². The molecule has 4 rings (SSSR count). The summed E-state index contributed by atoms with van der Waals surface area (Å²) in [4.78, 5) is 6.80. The fourth-order valence-corrected chi connectivity index (χ4v) is 5.64. The molecule has 1 aromatic carbocycles. The van der Waals surface area contributed by atoms with Crippen molar-refractivity contribution in [2.24, 2.45) is 0 Å². The maximum absolute atomic E-state index is 12.4. The van der Waals surface area contributed by atoms with E-state index >= 15 is 0 Å². The van der Waals surface area contributed by atoms with E-state index in [0.29, 0.717) is 19.0 Å². The van der Waals surface area contributed by atoms with Crippen molar-refractivity contribution in [2.75, 3.05) is 18.0 Å². The highest BCUT2D eigenvalue weighted by Gasteiger charge is 2.31. The van der Waals surface area contributed by atoms with Gasteiger partial charge in [0.15, 0.2) is 0 Å². The Kier molecular flexibility index (Phi) is 5.38. The average Bonchev–Trinajstić information content (AvgIpc) is 3.11. The quantitative estimate of drug-likeness (QED) is 0.746. The van der Waals surface area contributed by atoms with Gasteiger partial charge in [-0.25, -0.2) is 12.7 Å². The monoisotopic (exact) mass is 419 g/mol. The van der Waals surface area contributed by atoms with Crippen molar-refractivity contribution in [3.63, 3.8) is 0 Å². The van der Waals surface area contributed by atoms with E-state index in [-0.39, 0.29) is 5.25 Å². The molecule has 0 radical (unpaired) electrons. The minimum Gasteiger partial charge on any atom is -0.362 e. The van der Waals surface area contributed by atoms with Gasteiger partial charge in [0.25, 0.3) is 0 Å². The van der Waals surface area contributed by atoms with Gasteiger partial charge in [0.05, 0.1) is 17.1 Å². The molecule has 28 heavy (non-hydrogen) atoms. The van der Waals surface area contributed by atoms with E-state index < -0.39 is 10.0 Å². The highest BCUT2D eigenvalue weighted by Crippen LogP contribution is 2.34. The standard InChI is InChI=1S/C21H26ClN3O2S/c1-15(2)28(26,27)25-7-5-16(6-8-25)18-10-21(12-23-11-18)24-13-17-3-4-20(22)9-19(17)14-24/h3-4,9-12,15-16H,5-8,13-14H2,1-2H3. The fraction of sp³-hybridized carbons (Fsp3) is 0.476. The summed E-state index contributed by atoms with van der Waals surface area (Å²) in [6.45, 7) is 6.37. The Labute approximate surface area is 172 Å². The van der Waals surface area contributed by atoms with Crippen molar-refractivity contribution >= 4 is 27.3 Å². The Morgan fingerprint density at radius 2 is 1.79 bits per heavy atom. The predicted molar refractivity (Wildman–Crippen MR) is 113 cm³/mol. The summed E-state index contributed by atoms with van der Waals surface area (Å²) in [6, 6.07) is 8.30. The predicted octanol–water partition coefficient (Wildman–Crippen LogP) is 4.17. The number of benzene rings is 1. The second kappa shape index (κ2) is 7.65. The van der Waals surface area contributed by atoms with E-state index in [2.05, 4.69) is 22.0 Å². The van der Waals surface area contributed by atoms with Crippen molar-refractivity contribution in [1.29, 1.82) is 0 Å². The van der Waals surface area contributed by atoms with Gasteiger partial charge in [-0.05, 0) is 67.5 Å². The van der Waals surface area contributed by atoms with Crippen LogP contribution in [0.3, 0.4) is 0 Å². The summed E-state index contributed by atoms with van der Waals surface area (Å²) in [5, 5.41) is 0.412. The van der Waals surface area contributed by atoms with E-state index in [9.17, 15) is 8.42 Å². The molecule has 2 aromatic rings. The summed E-state index contributed by atoms with van der Waals surface area (Å²) < 4.78 is 26.4. The summed E-state index contributed by atoms with van der Waals surface area (Å²) in [5.41, 5.74) is 4.89. The molecule has 0 N–H and O–H groups in total. The third-order valence-corrected chi connectivity index (χ3v) is 8.39. The Balaban J connectivity index is 1.46. The molecule has 0 saturated carbocycles. The Morgan fingerprint density at radius 3 is 2.50 bits per heavy atom. The zero-order chi connectivity index (χ0) is 19.9. The molecule has 7 heteroatoms. The number of fused-ring (bicyclic) bond motifs is 1. The first-order valence-electron chi connectivity index (χ1n) is 9.81. The van der Waals surface area contributed by atoms with Crippen molar-refractivity contribution in [1.82, 2.24) is 9.29 Å². The minimum absolute atomic E-state index is 0.352. The number of piperidine rings is 1. The van der Waals surface area contributed by atoms with Gasteiger partial charge in [0.2, 0.25) is 10.0 Å². The van der Waals surface area contributed by atoms with Crippen molar-refractivity contribution < 1.29 is 8.42 Å². The van der Waals surface area contributed by atoms with Crippen LogP contribution >= 0.6 is 11.6 Å². The largest absolute Gasteiger partial charge is 0.362 e. The van der Waals surface area contributed by atoms with E-state index in [1.165, 1.54) is 16.7 Å². The van der Waals surface area contributed by atoms with Crippen molar-refractivity contribution in [2.45, 2.75) is 50.9 Å². The van der Waals surface area contributed by atoms with Gasteiger partial charge in [-0.1, -0.05) is 17.7 Å². The smallest absolute Gasteiger partial charge is 0.216 e. The van der Waals surface area contributed by atoms with Crippen LogP contribution in [0.4, 0.5) is 5.69 Å². The first-order valence-corrected chi connectivity index (χ1v) is 11.7. The molecule has 0 bridgehead atoms. The van der Waals surface area contributed by atoms with E-state index in [1.54, 1.807) is 18.2 Å². The van der Waals surface area contributed by atoms with Crippen molar-refractivity contribution in [3.05, 3.63) is 58.4 Å². The molecule has 0 spiro atoms. The van der Waals surface area contributed by atoms with Crippen LogP contribution in [-0.4, -0.2) is 36.0 Å². The molecule has 0 unspecified atom stereocenters. The van der Waals surface area contributed by atoms with Crippen LogP contribution in [-0.2, 0) is 23.1 Å². The van der Waals surface area contributed by atoms with Crippen LogP contribution in [0.5, 0.6) is 0 Å². The van der Waals surface area contributed by atoms with Gasteiger partial charge in [0, 0.05) is 37.4 Å². The molecule has 1 saturated heterocycles. The van der Waals surface area contributed by atoms with Crippen LogP contribution in [0.25, 0.3) is 0 Å². The SMILES string of the molecule is CC(C)S(=O)(=O)N1CCC(c2cncc(N3Cc4ccc(Cl)cc4C3)c2)CC1. The second-order valence-electron chi connectivity index (χ2n) is 8.01. The number of anilines is 1. The van der Waals surface area contributed by atoms with Crippen LogP contribution in [0, 0.1) is 0 Å². The number of pyridine rings is 1. The maximum Gasteiger partial charge on any atom is 0.216 e. The first-order chi connectivity index (χ1) is 13.3. The average molecular weight is 420 g/mol. The Hall–Kier alpha value is -1.63. The number of hydrogen-bond acceptors (Lipinski definition) is 4. The number of halogens is 1. The molecule has 3 heterocycles. The lowest BCUT2D eigenvalue weighted by atomic mass is 9.91. The normalized spacial score (nSPS) is 18.6. The molecule has 0 amide bonds. The molecule has 2 aliphatic rings. The van der Waals surface area contributed by atoms with Gasteiger partial charge >= 0.3 is 0 Å². The zero-order valence-electron chi connectivity index (χ0n) is 16.3. The van der Waals surface area contributed by atoms with Crippen LogP contribution < -0.4 is 4.90 Å².